The quantitative estimate of drug-likeness (QED) is 0.771. The topological polar surface area (TPSA) is 61.0 Å². The third kappa shape index (κ3) is 2.97. The van der Waals surface area contributed by atoms with Gasteiger partial charge in [-0.3, -0.25) is 9.89 Å². The van der Waals surface area contributed by atoms with Gasteiger partial charge >= 0.3 is 0 Å². The van der Waals surface area contributed by atoms with Crippen LogP contribution >= 0.6 is 0 Å². The average molecular weight is 391 g/mol. The highest BCUT2D eigenvalue weighted by Gasteiger charge is 2.45. The predicted octanol–water partition coefficient (Wildman–Crippen LogP) is 5.04. The second kappa shape index (κ2) is 6.89. The highest BCUT2D eigenvalue weighted by Crippen LogP contribution is 2.56. The van der Waals surface area contributed by atoms with Crippen molar-refractivity contribution in [3.63, 3.8) is 0 Å². The zero-order chi connectivity index (χ0) is 19.4. The van der Waals surface area contributed by atoms with Crippen molar-refractivity contribution in [2.24, 2.45) is 11.8 Å². The summed E-state index contributed by atoms with van der Waals surface area (Å²) in [4.78, 5) is 15.8. The number of hydrogen-bond donors (Lipinski definition) is 2. The van der Waals surface area contributed by atoms with Crippen LogP contribution in [0.5, 0.6) is 0 Å². The number of aromatic nitrogens is 2. The summed E-state index contributed by atoms with van der Waals surface area (Å²) in [5.41, 5.74) is 5.21. The number of piperidine rings is 1. The van der Waals surface area contributed by atoms with E-state index in [0.717, 1.165) is 36.3 Å². The summed E-state index contributed by atoms with van der Waals surface area (Å²) in [6.07, 6.45) is 10.2. The van der Waals surface area contributed by atoms with Crippen molar-refractivity contribution in [1.29, 1.82) is 0 Å². The number of benzene rings is 1. The van der Waals surface area contributed by atoms with Crippen molar-refractivity contribution in [1.82, 2.24) is 10.2 Å². The second-order valence-electron chi connectivity index (χ2n) is 9.72. The molecule has 29 heavy (non-hydrogen) atoms. The normalized spacial score (nSPS) is 30.1. The van der Waals surface area contributed by atoms with Gasteiger partial charge in [-0.05, 0) is 81.3 Å². The van der Waals surface area contributed by atoms with E-state index in [1.165, 1.54) is 62.6 Å². The molecule has 2 unspecified atom stereocenters. The molecule has 2 heterocycles. The van der Waals surface area contributed by atoms with Gasteiger partial charge < -0.3 is 10.2 Å². The number of amides is 1. The summed E-state index contributed by atoms with van der Waals surface area (Å²) in [7, 11) is 0. The Bertz CT molecular complexity index is 915. The first-order valence-corrected chi connectivity index (χ1v) is 11.5. The molecule has 2 N–H and O–H groups in total. The van der Waals surface area contributed by atoms with Gasteiger partial charge in [-0.25, -0.2) is 0 Å². The van der Waals surface area contributed by atoms with Crippen LogP contribution in [0.4, 0.5) is 11.4 Å². The molecule has 2 aromatic rings. The van der Waals surface area contributed by atoms with Crippen molar-refractivity contribution < 1.29 is 4.79 Å². The van der Waals surface area contributed by atoms with Gasteiger partial charge in [-0.15, -0.1) is 0 Å². The molecule has 1 saturated heterocycles. The molecule has 2 saturated carbocycles. The summed E-state index contributed by atoms with van der Waals surface area (Å²) >= 11 is 0. The zero-order valence-corrected chi connectivity index (χ0v) is 17.0. The maximum atomic E-state index is 13.4. The van der Waals surface area contributed by atoms with Gasteiger partial charge in [0.1, 0.15) is 0 Å². The molecular formula is C24H30N4O. The van der Waals surface area contributed by atoms with E-state index >= 15 is 0 Å². The third-order valence-corrected chi connectivity index (χ3v) is 7.85. The van der Waals surface area contributed by atoms with Crippen molar-refractivity contribution >= 4 is 17.3 Å². The summed E-state index contributed by atoms with van der Waals surface area (Å²) in [5.74, 6) is 2.73. The standard InChI is InChI=1S/C24H30N4O/c29-24(25-19-6-2-3-7-20(19)28-8-4-1-5-9-28)23-21-17-11-15-10-16(12-17)14-18(13-15)22(21)26-27-23/h2-3,6-7,15-18H,1,4-5,8-14H2,(H,25,29)(H,26,27). The monoisotopic (exact) mass is 390 g/mol. The number of nitrogens with one attached hydrogen (secondary N) is 2. The SMILES string of the molecule is O=C(Nc1ccccc1N1CCCCC1)c1n[nH]c2c1C1CC3CC(CC2C3)C1. The molecule has 2 atom stereocenters. The van der Waals surface area contributed by atoms with E-state index < -0.39 is 0 Å². The molecule has 7 rings (SSSR count). The maximum absolute atomic E-state index is 13.4. The summed E-state index contributed by atoms with van der Waals surface area (Å²) < 4.78 is 0. The Morgan fingerprint density at radius 1 is 0.966 bits per heavy atom. The molecule has 3 fully saturated rings. The number of carbonyl (C=O) groups is 1. The van der Waals surface area contributed by atoms with Crippen LogP contribution in [-0.2, 0) is 0 Å². The fraction of sp³-hybridized carbons (Fsp3) is 0.583. The smallest absolute Gasteiger partial charge is 0.276 e. The predicted molar refractivity (Wildman–Crippen MR) is 115 cm³/mol. The fourth-order valence-electron chi connectivity index (χ4n) is 6.76. The van der Waals surface area contributed by atoms with Gasteiger partial charge in [-0.1, -0.05) is 12.1 Å². The Labute approximate surface area is 172 Å². The summed E-state index contributed by atoms with van der Waals surface area (Å²) in [6.45, 7) is 2.13. The minimum atomic E-state index is -0.0480. The fourth-order valence-corrected chi connectivity index (χ4v) is 6.76. The van der Waals surface area contributed by atoms with E-state index in [2.05, 4.69) is 32.5 Å². The van der Waals surface area contributed by atoms with Crippen LogP contribution in [0, 0.1) is 11.8 Å². The van der Waals surface area contributed by atoms with Crippen LogP contribution in [0.1, 0.15) is 84.9 Å². The van der Waals surface area contributed by atoms with E-state index in [1.807, 2.05) is 12.1 Å². The first-order valence-electron chi connectivity index (χ1n) is 11.5. The number of anilines is 2. The Kier molecular flexibility index (Phi) is 4.17. The van der Waals surface area contributed by atoms with Crippen molar-refractivity contribution in [2.75, 3.05) is 23.3 Å². The molecule has 152 valence electrons. The largest absolute Gasteiger partial charge is 0.370 e. The highest BCUT2D eigenvalue weighted by molar-refractivity contribution is 6.06. The van der Waals surface area contributed by atoms with Crippen LogP contribution in [0.25, 0.3) is 0 Å². The maximum Gasteiger partial charge on any atom is 0.276 e. The Balaban J connectivity index is 1.30. The van der Waals surface area contributed by atoms with Crippen LogP contribution < -0.4 is 10.2 Å². The second-order valence-corrected chi connectivity index (χ2v) is 9.72. The zero-order valence-electron chi connectivity index (χ0n) is 17.0. The minimum absolute atomic E-state index is 0.0480. The van der Waals surface area contributed by atoms with Crippen LogP contribution in [-0.4, -0.2) is 29.2 Å². The number of hydrogen-bond acceptors (Lipinski definition) is 3. The lowest BCUT2D eigenvalue weighted by atomic mass is 9.67. The van der Waals surface area contributed by atoms with Gasteiger partial charge in [0.2, 0.25) is 0 Å². The van der Waals surface area contributed by atoms with E-state index in [9.17, 15) is 4.79 Å². The molecule has 1 aliphatic heterocycles. The third-order valence-electron chi connectivity index (χ3n) is 7.85. The number of carbonyl (C=O) groups excluding carboxylic acids is 1. The minimum Gasteiger partial charge on any atom is -0.370 e. The van der Waals surface area contributed by atoms with Crippen molar-refractivity contribution in [3.8, 4) is 0 Å². The van der Waals surface area contributed by atoms with Gasteiger partial charge in [0.15, 0.2) is 5.69 Å². The molecule has 4 bridgehead atoms. The van der Waals surface area contributed by atoms with Gasteiger partial charge in [-0.2, -0.15) is 5.10 Å². The molecule has 1 aromatic heterocycles. The van der Waals surface area contributed by atoms with Crippen LogP contribution in [0.2, 0.25) is 0 Å². The number of H-pyrrole nitrogens is 1. The van der Waals surface area contributed by atoms with Gasteiger partial charge in [0.05, 0.1) is 11.4 Å². The number of para-hydroxylation sites is 2. The lowest BCUT2D eigenvalue weighted by Crippen LogP contribution is -2.30. The highest BCUT2D eigenvalue weighted by atomic mass is 16.2. The average Bonchev–Trinajstić information content (AvgIpc) is 3.12. The van der Waals surface area contributed by atoms with E-state index in [4.69, 9.17) is 0 Å². The Hall–Kier alpha value is -2.30. The molecule has 0 radical (unpaired) electrons. The first-order chi connectivity index (χ1) is 14.3. The van der Waals surface area contributed by atoms with E-state index in [-0.39, 0.29) is 5.91 Å². The Morgan fingerprint density at radius 3 is 2.48 bits per heavy atom. The number of rotatable bonds is 3. The summed E-state index contributed by atoms with van der Waals surface area (Å²) in [5, 5.41) is 11.1. The lowest BCUT2D eigenvalue weighted by Gasteiger charge is -2.38. The number of aromatic amines is 1. The molecule has 1 aromatic carbocycles. The molecule has 4 aliphatic carbocycles. The van der Waals surface area contributed by atoms with Crippen LogP contribution in [0.3, 0.4) is 0 Å². The van der Waals surface area contributed by atoms with Crippen LogP contribution in [0.15, 0.2) is 24.3 Å². The molecule has 5 heteroatoms. The molecule has 5 nitrogen and oxygen atoms in total. The molecule has 5 aliphatic rings. The van der Waals surface area contributed by atoms with Crippen molar-refractivity contribution in [2.45, 2.75) is 63.2 Å². The molecular weight excluding hydrogens is 360 g/mol. The van der Waals surface area contributed by atoms with E-state index in [0.29, 0.717) is 17.5 Å². The molecule has 0 spiro atoms. The van der Waals surface area contributed by atoms with E-state index in [1.54, 1.807) is 0 Å². The molecule has 1 amide bonds. The van der Waals surface area contributed by atoms with Crippen molar-refractivity contribution in [3.05, 3.63) is 41.2 Å². The van der Waals surface area contributed by atoms with Gasteiger partial charge in [0, 0.05) is 30.3 Å². The Morgan fingerprint density at radius 2 is 1.69 bits per heavy atom. The first kappa shape index (κ1) is 17.5. The van der Waals surface area contributed by atoms with Gasteiger partial charge in [0.25, 0.3) is 5.91 Å². The number of nitrogens with zero attached hydrogens (tertiary/aromatic N) is 2. The lowest BCUT2D eigenvalue weighted by molar-refractivity contribution is 0.101. The summed E-state index contributed by atoms with van der Waals surface area (Å²) in [6, 6.07) is 8.23.